The smallest absolute Gasteiger partial charge is 0.243 e. The van der Waals surface area contributed by atoms with E-state index < -0.39 is 29.1 Å². The first-order valence-electron chi connectivity index (χ1n) is 25.8. The molecule has 9 aromatic rings. The van der Waals surface area contributed by atoms with E-state index in [9.17, 15) is 31.2 Å². The molecular weight excluding hydrogens is 1240 g/mol. The number of anilines is 3. The molecule has 3 N–H and O–H groups in total. The van der Waals surface area contributed by atoms with Crippen LogP contribution in [0.3, 0.4) is 0 Å². The molecule has 2 unspecified atom stereocenters. The minimum Gasteiger partial charge on any atom is -0.325 e. The predicted octanol–water partition coefficient (Wildman–Crippen LogP) is 9.86. The molecule has 20 nitrogen and oxygen atoms in total. The summed E-state index contributed by atoms with van der Waals surface area (Å²) in [5, 5.41) is 46.2. The molecule has 84 heavy (non-hydrogen) atoms. The van der Waals surface area contributed by atoms with Crippen LogP contribution in [0.4, 0.5) is 17.1 Å². The van der Waals surface area contributed by atoms with Crippen molar-refractivity contribution >= 4 is 144 Å². The summed E-state index contributed by atoms with van der Waals surface area (Å²) in [5.41, 5.74) is 4.95. The molecule has 2 atom stereocenters. The summed E-state index contributed by atoms with van der Waals surface area (Å²) in [7, 11) is -7.42. The number of nitrogens with zero attached hydrogens (tertiary/aromatic N) is 10. The van der Waals surface area contributed by atoms with Gasteiger partial charge in [0.25, 0.3) is 0 Å². The number of carbonyl (C=O) groups excluding carboxylic acids is 3. The van der Waals surface area contributed by atoms with Crippen LogP contribution in [0.5, 0.6) is 0 Å². The van der Waals surface area contributed by atoms with Gasteiger partial charge in [-0.15, -0.1) is 53.3 Å². The SMILES string of the molecule is C=S(C)(=O)c1ccc(NC(=O)CSc2nnc(-c3csc(C=S(C)(=O)c4ccc(NC(=O)CSc5nnc(-c6csc(CN(C)S(=O)(=O)c7ccc(NC(=O)CSc8nnc(-c9ccsc9)n8CC)cc7)c6)n5CC)cc4)c3)n2CC)c(C)c1. The number of rotatable bonds is 25. The number of hydrogen-bond donors (Lipinski definition) is 3. The van der Waals surface area contributed by atoms with Crippen LogP contribution in [0.1, 0.15) is 36.1 Å². The Morgan fingerprint density at radius 2 is 1.07 bits per heavy atom. The summed E-state index contributed by atoms with van der Waals surface area (Å²) < 4.78 is 60.9. The average molecular weight is 1300 g/mol. The Kier molecular flexibility index (Phi) is 19.9. The van der Waals surface area contributed by atoms with Gasteiger partial charge in [0.2, 0.25) is 27.7 Å². The molecule has 0 saturated heterocycles. The van der Waals surface area contributed by atoms with Gasteiger partial charge in [0.15, 0.2) is 32.9 Å². The average Bonchev–Trinajstić information content (AvgIpc) is 4.41. The van der Waals surface area contributed by atoms with Gasteiger partial charge < -0.3 is 29.7 Å². The molecule has 9 rings (SSSR count). The number of carbonyl (C=O) groups is 3. The zero-order valence-corrected chi connectivity index (χ0v) is 54.0. The highest BCUT2D eigenvalue weighted by atomic mass is 32.2. The minimum atomic E-state index is -3.90. The number of hydrogen-bond acceptors (Lipinski definition) is 19. The van der Waals surface area contributed by atoms with Gasteiger partial charge in [0, 0.05) is 130 Å². The lowest BCUT2D eigenvalue weighted by molar-refractivity contribution is -0.114. The lowest BCUT2D eigenvalue weighted by Crippen LogP contribution is -2.26. The van der Waals surface area contributed by atoms with Crippen LogP contribution < -0.4 is 16.0 Å². The van der Waals surface area contributed by atoms with Crippen molar-refractivity contribution in [2.24, 2.45) is 0 Å². The van der Waals surface area contributed by atoms with Crippen molar-refractivity contribution in [2.45, 2.75) is 84.0 Å². The maximum atomic E-state index is 14.1. The number of sulfonamides is 1. The van der Waals surface area contributed by atoms with Crippen LogP contribution in [0.25, 0.3) is 34.2 Å². The molecule has 0 spiro atoms. The topological polar surface area (TPSA) is 251 Å². The number of amides is 3. The summed E-state index contributed by atoms with van der Waals surface area (Å²) in [5.74, 6) is 5.18. The summed E-state index contributed by atoms with van der Waals surface area (Å²) in [4.78, 5) is 41.9. The lowest BCUT2D eigenvalue weighted by Gasteiger charge is -2.16. The van der Waals surface area contributed by atoms with Crippen molar-refractivity contribution in [1.29, 1.82) is 0 Å². The summed E-state index contributed by atoms with van der Waals surface area (Å²) >= 11 is 8.18. The highest BCUT2D eigenvalue weighted by Gasteiger charge is 2.24. The van der Waals surface area contributed by atoms with Gasteiger partial charge in [-0.05, 0) is 139 Å². The van der Waals surface area contributed by atoms with Gasteiger partial charge in [-0.1, -0.05) is 35.3 Å². The number of thioether (sulfide) groups is 3. The van der Waals surface area contributed by atoms with Crippen molar-refractivity contribution < 1.29 is 31.2 Å². The molecule has 29 heteroatoms. The fourth-order valence-corrected chi connectivity index (χ4v) is 17.2. The highest BCUT2D eigenvalue weighted by molar-refractivity contribution is 8.01. The summed E-state index contributed by atoms with van der Waals surface area (Å²) in [6.07, 6.45) is 3.25. The Morgan fingerprint density at radius 1 is 0.595 bits per heavy atom. The molecule has 440 valence electrons. The largest absolute Gasteiger partial charge is 0.325 e. The molecule has 0 bridgehead atoms. The molecule has 0 radical (unpaired) electrons. The van der Waals surface area contributed by atoms with Crippen molar-refractivity contribution in [3.05, 3.63) is 122 Å². The van der Waals surface area contributed by atoms with Crippen LogP contribution in [0.2, 0.25) is 0 Å². The molecule has 0 aliphatic heterocycles. The second-order valence-electron chi connectivity index (χ2n) is 19.0. The number of thiophene rings is 3. The van der Waals surface area contributed by atoms with E-state index in [1.165, 1.54) is 81.4 Å². The van der Waals surface area contributed by atoms with Crippen molar-refractivity contribution in [1.82, 2.24) is 48.6 Å². The van der Waals surface area contributed by atoms with Crippen LogP contribution in [-0.2, 0) is 69.6 Å². The Hall–Kier alpha value is -6.41. The first-order chi connectivity index (χ1) is 40.1. The van der Waals surface area contributed by atoms with E-state index in [1.807, 2.05) is 81.1 Å². The standard InChI is InChI=1S/C55H59N13O7S9/c1-9-66-50(36-22-23-76-28-36)59-62-53(66)79-31-48(70)57-40-14-18-44(19-15-40)84(74,75)65(5)27-41-25-37(29-77-41)51-60-63-54(67(51)10-2)80-32-47(69)56-39-12-16-43(17-13-39)83(8,73)34-42-26-38(30-78-42)52-61-64-55(68(52)11-3)81-33-49(71)58-46-21-20-45(24-35(46)4)82(6,7)72/h12-26,28-30,34H,6,9-11,27,31-33H2,1-5,7-8H3,(H,56,69)(H,57,70)(H,58,71). The lowest BCUT2D eigenvalue weighted by atomic mass is 10.2. The second-order valence-corrected chi connectivity index (χ2v) is 31.6. The fraction of sp³-hybridized carbons (Fsp3) is 0.255. The number of nitrogens with one attached hydrogen (secondary N) is 3. The summed E-state index contributed by atoms with van der Waals surface area (Å²) in [6.45, 7) is 9.59. The maximum Gasteiger partial charge on any atom is 0.243 e. The van der Waals surface area contributed by atoms with Gasteiger partial charge in [0.05, 0.1) is 22.2 Å². The molecule has 0 aliphatic rings. The van der Waals surface area contributed by atoms with Crippen molar-refractivity contribution in [2.75, 3.05) is 52.8 Å². The number of benzene rings is 3. The number of aryl methyl sites for hydroxylation is 1. The van der Waals surface area contributed by atoms with E-state index in [4.69, 9.17) is 0 Å². The second kappa shape index (κ2) is 26.9. The van der Waals surface area contributed by atoms with E-state index >= 15 is 0 Å². The Bertz CT molecular complexity index is 4220. The maximum absolute atomic E-state index is 14.1. The third-order valence-electron chi connectivity index (χ3n) is 12.8. The molecular formula is C55H59N13O7S9. The number of aromatic nitrogens is 9. The van der Waals surface area contributed by atoms with E-state index in [-0.39, 0.29) is 46.4 Å². The fourth-order valence-electron chi connectivity index (χ4n) is 8.50. The minimum absolute atomic E-state index is 0.0445. The first-order valence-corrected chi connectivity index (χ1v) is 37.1. The van der Waals surface area contributed by atoms with Gasteiger partial charge in [-0.2, -0.15) is 15.6 Å². The Labute approximate surface area is 512 Å². The quantitative estimate of drug-likeness (QED) is 0.0356. The predicted molar refractivity (Wildman–Crippen MR) is 345 cm³/mol. The molecule has 6 heterocycles. The van der Waals surface area contributed by atoms with Gasteiger partial charge in [-0.3, -0.25) is 22.8 Å². The molecule has 0 fully saturated rings. The first kappa shape index (κ1) is 62.1. The Morgan fingerprint density at radius 3 is 1.56 bits per heavy atom. The molecule has 3 aromatic carbocycles. The van der Waals surface area contributed by atoms with Crippen LogP contribution in [0, 0.1) is 6.92 Å². The van der Waals surface area contributed by atoms with E-state index in [1.54, 1.807) is 83.8 Å². The molecule has 3 amide bonds. The van der Waals surface area contributed by atoms with E-state index in [0.29, 0.717) is 73.6 Å². The van der Waals surface area contributed by atoms with Crippen LogP contribution >= 0.6 is 69.3 Å². The third kappa shape index (κ3) is 14.8. The van der Waals surface area contributed by atoms with Gasteiger partial charge in [0.1, 0.15) is 0 Å². The van der Waals surface area contributed by atoms with Crippen LogP contribution in [-0.4, -0.2) is 131 Å². The molecule has 0 aliphatic carbocycles. The van der Waals surface area contributed by atoms with Crippen molar-refractivity contribution in [3.8, 4) is 34.2 Å². The van der Waals surface area contributed by atoms with E-state index in [2.05, 4.69) is 52.4 Å². The monoisotopic (exact) mass is 1300 g/mol. The molecule has 0 saturated carbocycles. The summed E-state index contributed by atoms with van der Waals surface area (Å²) in [6, 6.07) is 24.0. The zero-order chi connectivity index (χ0) is 59.9. The normalized spacial score (nSPS) is 13.1. The van der Waals surface area contributed by atoms with Crippen molar-refractivity contribution in [3.63, 3.8) is 0 Å². The van der Waals surface area contributed by atoms with Gasteiger partial charge >= 0.3 is 0 Å². The third-order valence-corrected chi connectivity index (χ3v) is 23.3. The van der Waals surface area contributed by atoms with E-state index in [0.717, 1.165) is 37.8 Å². The highest BCUT2D eigenvalue weighted by Crippen LogP contribution is 2.32. The molecule has 6 aromatic heterocycles. The zero-order valence-electron chi connectivity index (χ0n) is 46.6. The Balaban J connectivity index is 0.741. The van der Waals surface area contributed by atoms with Crippen LogP contribution in [0.15, 0.2) is 137 Å². The van der Waals surface area contributed by atoms with Gasteiger partial charge in [-0.25, -0.2) is 8.42 Å².